The Morgan fingerprint density at radius 1 is 1.15 bits per heavy atom. The fraction of sp³-hybridized carbons (Fsp3) is 0.316. The molecule has 0 unspecified atom stereocenters. The van der Waals surface area contributed by atoms with Gasteiger partial charge in [0.1, 0.15) is 0 Å². The number of rotatable bonds is 4. The molecule has 0 radical (unpaired) electrons. The fourth-order valence-corrected chi connectivity index (χ4v) is 5.02. The third kappa shape index (κ3) is 3.71. The van der Waals surface area contributed by atoms with Crippen molar-refractivity contribution in [3.05, 3.63) is 59.1 Å². The van der Waals surface area contributed by atoms with E-state index in [1.807, 2.05) is 37.3 Å². The van der Waals surface area contributed by atoms with Gasteiger partial charge in [0.05, 0.1) is 16.5 Å². The smallest absolute Gasteiger partial charge is 0.258 e. The number of hydrogen-bond acceptors (Lipinski definition) is 3. The topological polar surface area (TPSA) is 57.7 Å². The zero-order chi connectivity index (χ0) is 18.7. The first-order chi connectivity index (χ1) is 12.4. The zero-order valence-electron chi connectivity index (χ0n) is 14.6. The molecule has 0 aromatic heterocycles. The highest BCUT2D eigenvalue weighted by molar-refractivity contribution is 7.92. The van der Waals surface area contributed by atoms with Crippen molar-refractivity contribution < 1.29 is 13.2 Å². The van der Waals surface area contributed by atoms with Crippen molar-refractivity contribution >= 4 is 38.9 Å². The van der Waals surface area contributed by atoms with E-state index in [0.717, 1.165) is 12.1 Å². The van der Waals surface area contributed by atoms with Crippen molar-refractivity contribution in [2.45, 2.75) is 19.8 Å². The van der Waals surface area contributed by atoms with Crippen molar-refractivity contribution in [1.29, 1.82) is 0 Å². The maximum Gasteiger partial charge on any atom is 0.258 e. The van der Waals surface area contributed by atoms with Gasteiger partial charge in [-0.2, -0.15) is 0 Å². The van der Waals surface area contributed by atoms with E-state index < -0.39 is 10.0 Å². The van der Waals surface area contributed by atoms with Crippen LogP contribution >= 0.6 is 11.6 Å². The fourth-order valence-electron chi connectivity index (χ4n) is 3.10. The first kappa shape index (κ1) is 18.7. The van der Waals surface area contributed by atoms with Crippen molar-refractivity contribution in [1.82, 2.24) is 0 Å². The van der Waals surface area contributed by atoms with E-state index in [-0.39, 0.29) is 11.7 Å². The van der Waals surface area contributed by atoms with Crippen molar-refractivity contribution in [2.24, 2.45) is 0 Å². The molecule has 1 aliphatic heterocycles. The summed E-state index contributed by atoms with van der Waals surface area (Å²) in [6.07, 6.45) is 1.42. The van der Waals surface area contributed by atoms with Crippen LogP contribution in [0.2, 0.25) is 5.02 Å². The van der Waals surface area contributed by atoms with E-state index in [2.05, 4.69) is 0 Å². The summed E-state index contributed by atoms with van der Waals surface area (Å²) in [5, 5.41) is 0.329. The van der Waals surface area contributed by atoms with Gasteiger partial charge in [0.2, 0.25) is 10.0 Å². The van der Waals surface area contributed by atoms with Crippen LogP contribution in [0.5, 0.6) is 0 Å². The van der Waals surface area contributed by atoms with Crippen molar-refractivity contribution in [2.75, 3.05) is 28.0 Å². The van der Waals surface area contributed by atoms with Crippen LogP contribution in [0.4, 0.5) is 11.4 Å². The molecule has 1 saturated heterocycles. The molecule has 138 valence electrons. The summed E-state index contributed by atoms with van der Waals surface area (Å²) in [5.74, 6) is -0.0851. The molecule has 2 aromatic rings. The average molecular weight is 393 g/mol. The van der Waals surface area contributed by atoms with Crippen LogP contribution in [0, 0.1) is 0 Å². The number of anilines is 2. The molecule has 0 atom stereocenters. The number of benzene rings is 2. The number of carbonyl (C=O) groups excluding carboxylic acids is 1. The van der Waals surface area contributed by atoms with Gasteiger partial charge < -0.3 is 4.90 Å². The highest BCUT2D eigenvalue weighted by atomic mass is 35.5. The van der Waals surface area contributed by atoms with E-state index >= 15 is 0 Å². The number of hydrogen-bond donors (Lipinski definition) is 0. The van der Waals surface area contributed by atoms with Gasteiger partial charge in [-0.3, -0.25) is 9.10 Å². The maximum atomic E-state index is 13.0. The van der Waals surface area contributed by atoms with Crippen molar-refractivity contribution in [3.63, 3.8) is 0 Å². The van der Waals surface area contributed by atoms with Crippen molar-refractivity contribution in [3.8, 4) is 0 Å². The van der Waals surface area contributed by atoms with E-state index in [0.29, 0.717) is 35.8 Å². The van der Waals surface area contributed by atoms with Gasteiger partial charge in [0.25, 0.3) is 5.91 Å². The lowest BCUT2D eigenvalue weighted by atomic mass is 10.1. The van der Waals surface area contributed by atoms with E-state index in [9.17, 15) is 13.2 Å². The molecule has 1 aliphatic rings. The minimum Gasteiger partial charge on any atom is -0.309 e. The van der Waals surface area contributed by atoms with Crippen LogP contribution in [-0.2, 0) is 10.0 Å². The van der Waals surface area contributed by atoms with Crippen LogP contribution in [0.25, 0.3) is 0 Å². The monoisotopic (exact) mass is 392 g/mol. The normalized spacial score (nSPS) is 16.3. The number of sulfonamides is 1. The molecule has 0 spiro atoms. The highest BCUT2D eigenvalue weighted by Gasteiger charge is 2.28. The maximum absolute atomic E-state index is 13.0. The average Bonchev–Trinajstić information content (AvgIpc) is 2.63. The molecule has 0 aliphatic carbocycles. The van der Waals surface area contributed by atoms with Gasteiger partial charge >= 0.3 is 0 Å². The molecule has 1 fully saturated rings. The Kier molecular flexibility index (Phi) is 5.53. The Morgan fingerprint density at radius 3 is 2.54 bits per heavy atom. The molecule has 0 N–H and O–H groups in total. The Labute approximate surface area is 159 Å². The number of nitrogens with zero attached hydrogens (tertiary/aromatic N) is 2. The van der Waals surface area contributed by atoms with Gasteiger partial charge in [0, 0.05) is 24.3 Å². The third-order valence-electron chi connectivity index (χ3n) is 4.44. The molecule has 2 aromatic carbocycles. The predicted molar refractivity (Wildman–Crippen MR) is 106 cm³/mol. The molecular formula is C19H21ClN2O3S. The molecule has 0 saturated carbocycles. The van der Waals surface area contributed by atoms with Crippen LogP contribution in [0.3, 0.4) is 0 Å². The minimum absolute atomic E-state index is 0.104. The summed E-state index contributed by atoms with van der Waals surface area (Å²) in [6.45, 7) is 2.79. The summed E-state index contributed by atoms with van der Waals surface area (Å²) in [7, 11) is -3.40. The summed E-state index contributed by atoms with van der Waals surface area (Å²) < 4.78 is 26.1. The summed E-state index contributed by atoms with van der Waals surface area (Å²) >= 11 is 6.26. The number of carbonyl (C=O) groups is 1. The van der Waals surface area contributed by atoms with Crippen LogP contribution < -0.4 is 9.21 Å². The SMILES string of the molecule is CCN(C(=O)c1ccc(Cl)c(N2CCCCS2(=O)=O)c1)c1ccccc1. The van der Waals surface area contributed by atoms with Gasteiger partial charge in [0.15, 0.2) is 0 Å². The second kappa shape index (κ2) is 7.68. The molecule has 0 bridgehead atoms. The lowest BCUT2D eigenvalue weighted by Crippen LogP contribution is -2.38. The first-order valence-corrected chi connectivity index (χ1v) is 10.6. The summed E-state index contributed by atoms with van der Waals surface area (Å²) in [6, 6.07) is 14.2. The first-order valence-electron chi connectivity index (χ1n) is 8.61. The van der Waals surface area contributed by atoms with Crippen LogP contribution in [0.1, 0.15) is 30.1 Å². The lowest BCUT2D eigenvalue weighted by Gasteiger charge is -2.29. The number of para-hydroxylation sites is 1. The van der Waals surface area contributed by atoms with Gasteiger partial charge in [-0.05, 0) is 50.1 Å². The molecule has 5 nitrogen and oxygen atoms in total. The van der Waals surface area contributed by atoms with E-state index in [1.165, 1.54) is 4.31 Å². The second-order valence-corrected chi connectivity index (χ2v) is 8.57. The Bertz CT molecular complexity index is 900. The lowest BCUT2D eigenvalue weighted by molar-refractivity contribution is 0.0988. The van der Waals surface area contributed by atoms with E-state index in [4.69, 9.17) is 11.6 Å². The molecule has 1 amide bonds. The minimum atomic E-state index is -3.40. The quantitative estimate of drug-likeness (QED) is 0.791. The molecule has 7 heteroatoms. The number of amides is 1. The third-order valence-corrected chi connectivity index (χ3v) is 6.62. The molecular weight excluding hydrogens is 372 g/mol. The Morgan fingerprint density at radius 2 is 1.88 bits per heavy atom. The van der Waals surface area contributed by atoms with Gasteiger partial charge in [-0.25, -0.2) is 8.42 Å². The molecule has 1 heterocycles. The van der Waals surface area contributed by atoms with Crippen LogP contribution in [-0.4, -0.2) is 33.2 Å². The summed E-state index contributed by atoms with van der Waals surface area (Å²) in [4.78, 5) is 14.6. The second-order valence-electron chi connectivity index (χ2n) is 6.15. The zero-order valence-corrected chi connectivity index (χ0v) is 16.1. The van der Waals surface area contributed by atoms with E-state index in [1.54, 1.807) is 23.1 Å². The Balaban J connectivity index is 1.98. The number of halogens is 1. The largest absolute Gasteiger partial charge is 0.309 e. The summed E-state index contributed by atoms with van der Waals surface area (Å²) in [5.41, 5.74) is 1.58. The molecule has 26 heavy (non-hydrogen) atoms. The molecule has 3 rings (SSSR count). The standard InChI is InChI=1S/C19H21ClN2O3S/c1-2-21(16-8-4-3-5-9-16)19(23)15-10-11-17(20)18(14-15)22-12-6-7-13-26(22,24)25/h3-5,8-11,14H,2,6-7,12-13H2,1H3. The Hall–Kier alpha value is -2.05. The van der Waals surface area contributed by atoms with Gasteiger partial charge in [-0.15, -0.1) is 0 Å². The predicted octanol–water partition coefficient (Wildman–Crippen LogP) is 3.94. The van der Waals surface area contributed by atoms with Crippen LogP contribution in [0.15, 0.2) is 48.5 Å². The highest BCUT2D eigenvalue weighted by Crippen LogP contribution is 2.32. The van der Waals surface area contributed by atoms with Gasteiger partial charge in [-0.1, -0.05) is 29.8 Å².